The van der Waals surface area contributed by atoms with Crippen LogP contribution in [-0.4, -0.2) is 27.9 Å². The first-order valence-corrected chi connectivity index (χ1v) is 6.23. The number of benzene rings is 1. The van der Waals surface area contributed by atoms with Crippen molar-refractivity contribution in [3.05, 3.63) is 59.4 Å². The molecule has 0 radical (unpaired) electrons. The molecule has 0 fully saturated rings. The standard InChI is InChI=1S/C15H10N2O4/c18-12(19)8-9-4-1-2-6-11(9)17-14(20)10-5-3-7-16-13(10)15(17)21/h1-7H,8H2,(H,18,19). The zero-order valence-electron chi connectivity index (χ0n) is 10.8. The van der Waals surface area contributed by atoms with Gasteiger partial charge in [0.25, 0.3) is 11.8 Å². The number of aromatic nitrogens is 1. The SMILES string of the molecule is O=C(O)Cc1ccccc1N1C(=O)c2cccnc2C1=O. The van der Waals surface area contributed by atoms with Crippen molar-refractivity contribution in [2.75, 3.05) is 4.90 Å². The number of carboxylic acids is 1. The third-order valence-corrected chi connectivity index (χ3v) is 3.22. The Kier molecular flexibility index (Phi) is 2.98. The second-order valence-corrected chi connectivity index (χ2v) is 4.54. The van der Waals surface area contributed by atoms with Crippen LogP contribution in [0.25, 0.3) is 0 Å². The number of hydrogen-bond donors (Lipinski definition) is 1. The highest BCUT2D eigenvalue weighted by Gasteiger charge is 2.38. The number of para-hydroxylation sites is 1. The first-order chi connectivity index (χ1) is 10.1. The molecule has 21 heavy (non-hydrogen) atoms. The van der Waals surface area contributed by atoms with Crippen LogP contribution >= 0.6 is 0 Å². The van der Waals surface area contributed by atoms with Crippen molar-refractivity contribution in [3.8, 4) is 0 Å². The van der Waals surface area contributed by atoms with E-state index in [1.807, 2.05) is 0 Å². The van der Waals surface area contributed by atoms with Crippen LogP contribution in [0.4, 0.5) is 5.69 Å². The van der Waals surface area contributed by atoms with Crippen molar-refractivity contribution in [3.63, 3.8) is 0 Å². The fraction of sp³-hybridized carbons (Fsp3) is 0.0667. The van der Waals surface area contributed by atoms with Gasteiger partial charge >= 0.3 is 5.97 Å². The summed E-state index contributed by atoms with van der Waals surface area (Å²) in [5.74, 6) is -2.05. The van der Waals surface area contributed by atoms with E-state index in [1.54, 1.807) is 30.3 Å². The first kappa shape index (κ1) is 13.0. The molecule has 0 saturated heterocycles. The molecule has 1 aromatic carbocycles. The van der Waals surface area contributed by atoms with Crippen LogP contribution in [0, 0.1) is 0 Å². The molecule has 2 heterocycles. The Hall–Kier alpha value is -3.02. The van der Waals surface area contributed by atoms with E-state index in [0.29, 0.717) is 5.56 Å². The van der Waals surface area contributed by atoms with Crippen LogP contribution in [0.15, 0.2) is 42.6 Å². The van der Waals surface area contributed by atoms with Gasteiger partial charge in [-0.25, -0.2) is 4.90 Å². The second kappa shape index (κ2) is 4.82. The van der Waals surface area contributed by atoms with Crippen molar-refractivity contribution in [2.24, 2.45) is 0 Å². The van der Waals surface area contributed by atoms with Gasteiger partial charge in [-0.2, -0.15) is 0 Å². The number of fused-ring (bicyclic) bond motifs is 1. The molecule has 6 heteroatoms. The molecule has 1 aromatic heterocycles. The van der Waals surface area contributed by atoms with Crippen LogP contribution < -0.4 is 4.90 Å². The smallest absolute Gasteiger partial charge is 0.307 e. The minimum absolute atomic E-state index is 0.0904. The minimum atomic E-state index is -1.03. The lowest BCUT2D eigenvalue weighted by Gasteiger charge is -2.17. The lowest BCUT2D eigenvalue weighted by Crippen LogP contribution is -2.30. The van der Waals surface area contributed by atoms with E-state index < -0.39 is 17.8 Å². The number of hydrogen-bond acceptors (Lipinski definition) is 4. The largest absolute Gasteiger partial charge is 0.481 e. The van der Waals surface area contributed by atoms with Crippen LogP contribution in [0.1, 0.15) is 26.4 Å². The third-order valence-electron chi connectivity index (χ3n) is 3.22. The van der Waals surface area contributed by atoms with Gasteiger partial charge in [0.15, 0.2) is 0 Å². The van der Waals surface area contributed by atoms with E-state index in [2.05, 4.69) is 4.98 Å². The number of imide groups is 1. The van der Waals surface area contributed by atoms with Gasteiger partial charge in [0, 0.05) is 6.20 Å². The Balaban J connectivity index is 2.09. The molecule has 0 aliphatic carbocycles. The molecule has 1 N–H and O–H groups in total. The maximum Gasteiger partial charge on any atom is 0.307 e. The van der Waals surface area contributed by atoms with Crippen LogP contribution in [0.3, 0.4) is 0 Å². The topological polar surface area (TPSA) is 87.6 Å². The summed E-state index contributed by atoms with van der Waals surface area (Å²) in [6.07, 6.45) is 1.17. The van der Waals surface area contributed by atoms with Gasteiger partial charge in [-0.05, 0) is 23.8 Å². The van der Waals surface area contributed by atoms with Gasteiger partial charge in [-0.1, -0.05) is 18.2 Å². The van der Waals surface area contributed by atoms with E-state index in [-0.39, 0.29) is 23.4 Å². The number of carbonyl (C=O) groups excluding carboxylic acids is 2. The van der Waals surface area contributed by atoms with E-state index >= 15 is 0 Å². The maximum absolute atomic E-state index is 12.4. The Morgan fingerprint density at radius 1 is 1.10 bits per heavy atom. The third kappa shape index (κ3) is 2.06. The maximum atomic E-state index is 12.4. The van der Waals surface area contributed by atoms with Crippen molar-refractivity contribution < 1.29 is 19.5 Å². The summed E-state index contributed by atoms with van der Waals surface area (Å²) < 4.78 is 0. The average Bonchev–Trinajstić information content (AvgIpc) is 2.72. The van der Waals surface area contributed by atoms with Crippen molar-refractivity contribution >= 4 is 23.5 Å². The molecule has 0 spiro atoms. The lowest BCUT2D eigenvalue weighted by molar-refractivity contribution is -0.136. The van der Waals surface area contributed by atoms with Gasteiger partial charge in [0.1, 0.15) is 5.69 Å². The summed E-state index contributed by atoms with van der Waals surface area (Å²) >= 11 is 0. The van der Waals surface area contributed by atoms with E-state index in [1.165, 1.54) is 12.3 Å². The summed E-state index contributed by atoms with van der Waals surface area (Å²) in [6.45, 7) is 0. The molecule has 1 aliphatic rings. The summed E-state index contributed by atoms with van der Waals surface area (Å²) in [6, 6.07) is 9.56. The van der Waals surface area contributed by atoms with Crippen molar-refractivity contribution in [2.45, 2.75) is 6.42 Å². The number of nitrogens with zero attached hydrogens (tertiary/aromatic N) is 2. The average molecular weight is 282 g/mol. The van der Waals surface area contributed by atoms with Gasteiger partial charge in [0.2, 0.25) is 0 Å². The summed E-state index contributed by atoms with van der Waals surface area (Å²) in [5, 5.41) is 8.94. The quantitative estimate of drug-likeness (QED) is 0.862. The molecule has 104 valence electrons. The fourth-order valence-electron chi connectivity index (χ4n) is 2.33. The Bertz CT molecular complexity index is 735. The van der Waals surface area contributed by atoms with Crippen LogP contribution in [0.5, 0.6) is 0 Å². The Labute approximate surface area is 119 Å². The highest BCUT2D eigenvalue weighted by Crippen LogP contribution is 2.29. The lowest BCUT2D eigenvalue weighted by atomic mass is 10.1. The number of anilines is 1. The monoisotopic (exact) mass is 282 g/mol. The molecule has 0 atom stereocenters. The zero-order chi connectivity index (χ0) is 15.0. The van der Waals surface area contributed by atoms with Crippen LogP contribution in [-0.2, 0) is 11.2 Å². The molecular formula is C15H10N2O4. The molecule has 2 aromatic rings. The molecule has 0 bridgehead atoms. The number of amides is 2. The number of aliphatic carboxylic acids is 1. The number of rotatable bonds is 3. The fourth-order valence-corrected chi connectivity index (χ4v) is 2.33. The number of carbonyl (C=O) groups is 3. The van der Waals surface area contributed by atoms with Gasteiger partial charge in [-0.3, -0.25) is 19.4 Å². The van der Waals surface area contributed by atoms with Gasteiger partial charge in [0.05, 0.1) is 17.7 Å². The predicted molar refractivity (Wildman–Crippen MR) is 73.2 cm³/mol. The normalized spacial score (nSPS) is 13.4. The summed E-state index contributed by atoms with van der Waals surface area (Å²) in [4.78, 5) is 40.5. The molecule has 3 rings (SSSR count). The van der Waals surface area contributed by atoms with Crippen molar-refractivity contribution in [1.82, 2.24) is 4.98 Å². The first-order valence-electron chi connectivity index (χ1n) is 6.23. The van der Waals surface area contributed by atoms with Crippen LogP contribution in [0.2, 0.25) is 0 Å². The second-order valence-electron chi connectivity index (χ2n) is 4.54. The molecular weight excluding hydrogens is 272 g/mol. The van der Waals surface area contributed by atoms with Gasteiger partial charge < -0.3 is 5.11 Å². The van der Waals surface area contributed by atoms with Crippen molar-refractivity contribution in [1.29, 1.82) is 0 Å². The molecule has 1 aliphatic heterocycles. The van der Waals surface area contributed by atoms with E-state index in [4.69, 9.17) is 5.11 Å². The van der Waals surface area contributed by atoms with Gasteiger partial charge in [-0.15, -0.1) is 0 Å². The summed E-state index contributed by atoms with van der Waals surface area (Å²) in [7, 11) is 0. The zero-order valence-corrected chi connectivity index (χ0v) is 10.8. The number of pyridine rings is 1. The minimum Gasteiger partial charge on any atom is -0.481 e. The Morgan fingerprint density at radius 3 is 2.57 bits per heavy atom. The molecule has 2 amide bonds. The predicted octanol–water partition coefficient (Wildman–Crippen LogP) is 1.51. The molecule has 0 saturated carbocycles. The number of carboxylic acid groups (broad SMARTS) is 1. The highest BCUT2D eigenvalue weighted by atomic mass is 16.4. The summed E-state index contributed by atoms with van der Waals surface area (Å²) in [5.41, 5.74) is 1.01. The molecule has 0 unspecified atom stereocenters. The Morgan fingerprint density at radius 2 is 1.86 bits per heavy atom. The molecule has 6 nitrogen and oxygen atoms in total. The van der Waals surface area contributed by atoms with E-state index in [0.717, 1.165) is 4.90 Å². The highest BCUT2D eigenvalue weighted by molar-refractivity contribution is 6.34. The van der Waals surface area contributed by atoms with E-state index in [9.17, 15) is 14.4 Å².